The highest BCUT2D eigenvalue weighted by atomic mass is 35.5. The van der Waals surface area contributed by atoms with E-state index in [1.54, 1.807) is 56.2 Å². The van der Waals surface area contributed by atoms with E-state index in [9.17, 15) is 19.8 Å². The van der Waals surface area contributed by atoms with E-state index in [1.807, 2.05) is 0 Å². The Morgan fingerprint density at radius 1 is 1.24 bits per heavy atom. The van der Waals surface area contributed by atoms with Crippen LogP contribution in [-0.2, 0) is 9.59 Å². The van der Waals surface area contributed by atoms with Gasteiger partial charge in [0, 0.05) is 27.5 Å². The number of hydrogen-bond donors (Lipinski definition) is 2. The quantitative estimate of drug-likeness (QED) is 0.572. The number of benzene rings is 2. The minimum absolute atomic E-state index is 0.00513. The van der Waals surface area contributed by atoms with E-state index in [1.165, 1.54) is 23.9 Å². The van der Waals surface area contributed by atoms with Crippen molar-refractivity contribution in [3.8, 4) is 5.75 Å². The van der Waals surface area contributed by atoms with Gasteiger partial charge in [0.1, 0.15) is 16.4 Å². The van der Waals surface area contributed by atoms with Gasteiger partial charge in [0.25, 0.3) is 0 Å². The molecular weight excluding hydrogens is 360 g/mol. The van der Waals surface area contributed by atoms with Crippen LogP contribution in [0.2, 0.25) is 5.02 Å². The average molecular weight is 377 g/mol. The molecule has 130 valence electrons. The molecule has 2 aromatic rings. The molecule has 0 aliphatic carbocycles. The molecule has 0 saturated carbocycles. The standard InChI is InChI=1S/C19H17ClO4S/c1-19(2,18(23)24)25-14-6-3-12(4-7-14)15(9-10-21)16-8-5-13(20)11-17(16)22/h3-9,11,15,22H,1-2H3,(H,23,24). The molecule has 0 spiro atoms. The Balaban J connectivity index is 2.34. The van der Waals surface area contributed by atoms with Crippen molar-refractivity contribution in [3.63, 3.8) is 0 Å². The number of carbonyl (C=O) groups excluding carboxylic acids is 1. The van der Waals surface area contributed by atoms with Crippen LogP contribution in [0.5, 0.6) is 5.75 Å². The Kier molecular flexibility index (Phi) is 5.96. The van der Waals surface area contributed by atoms with Crippen molar-refractivity contribution in [1.29, 1.82) is 0 Å². The number of phenolic OH excluding ortho intramolecular Hbond substituents is 1. The summed E-state index contributed by atoms with van der Waals surface area (Å²) in [5.74, 6) is 0.402. The minimum Gasteiger partial charge on any atom is -0.508 e. The fourth-order valence-corrected chi connectivity index (χ4v) is 3.41. The molecule has 25 heavy (non-hydrogen) atoms. The van der Waals surface area contributed by atoms with Crippen LogP contribution in [0, 0.1) is 0 Å². The van der Waals surface area contributed by atoms with Gasteiger partial charge in [0.05, 0.1) is 0 Å². The van der Waals surface area contributed by atoms with Crippen molar-refractivity contribution in [2.75, 3.05) is 0 Å². The molecule has 0 bridgehead atoms. The molecule has 0 radical (unpaired) electrons. The van der Waals surface area contributed by atoms with Crippen molar-refractivity contribution >= 4 is 35.3 Å². The fourth-order valence-electron chi connectivity index (χ4n) is 2.29. The molecular formula is C19H17ClO4S. The summed E-state index contributed by atoms with van der Waals surface area (Å²) in [4.78, 5) is 22.9. The second-order valence-corrected chi connectivity index (χ2v) is 8.08. The molecule has 0 aliphatic heterocycles. The maximum absolute atomic E-state index is 11.2. The molecule has 0 amide bonds. The lowest BCUT2D eigenvalue weighted by atomic mass is 9.91. The Labute approximate surface area is 155 Å². The normalized spacial score (nSPS) is 12.3. The SMILES string of the molecule is CC(C)(Sc1ccc(C(C=C=O)c2ccc(Cl)cc2O)cc1)C(=O)O. The lowest BCUT2D eigenvalue weighted by molar-refractivity contribution is -0.138. The van der Waals surface area contributed by atoms with E-state index >= 15 is 0 Å². The first-order valence-electron chi connectivity index (χ1n) is 7.46. The Bertz CT molecular complexity index is 824. The summed E-state index contributed by atoms with van der Waals surface area (Å²) in [5, 5.41) is 19.7. The number of phenols is 1. The third kappa shape index (κ3) is 4.67. The molecule has 0 saturated heterocycles. The summed E-state index contributed by atoms with van der Waals surface area (Å²) >= 11 is 7.09. The maximum Gasteiger partial charge on any atom is 0.319 e. The zero-order valence-corrected chi connectivity index (χ0v) is 15.3. The topological polar surface area (TPSA) is 74.6 Å². The molecule has 0 aliphatic rings. The van der Waals surface area contributed by atoms with Crippen LogP contribution >= 0.6 is 23.4 Å². The van der Waals surface area contributed by atoms with Crippen LogP contribution in [-0.4, -0.2) is 26.9 Å². The lowest BCUT2D eigenvalue weighted by Crippen LogP contribution is -2.26. The second kappa shape index (κ2) is 7.79. The lowest BCUT2D eigenvalue weighted by Gasteiger charge is -2.19. The van der Waals surface area contributed by atoms with Crippen molar-refractivity contribution in [2.24, 2.45) is 0 Å². The number of halogens is 1. The van der Waals surface area contributed by atoms with Gasteiger partial charge in [-0.25, -0.2) is 4.79 Å². The molecule has 2 aromatic carbocycles. The van der Waals surface area contributed by atoms with Crippen LogP contribution in [0.25, 0.3) is 0 Å². The first-order valence-corrected chi connectivity index (χ1v) is 8.66. The smallest absolute Gasteiger partial charge is 0.319 e. The van der Waals surface area contributed by atoms with E-state index in [-0.39, 0.29) is 5.75 Å². The largest absolute Gasteiger partial charge is 0.508 e. The third-order valence-electron chi connectivity index (χ3n) is 3.69. The number of carboxylic acids is 1. The zero-order chi connectivity index (χ0) is 18.6. The zero-order valence-electron chi connectivity index (χ0n) is 13.7. The van der Waals surface area contributed by atoms with E-state index in [4.69, 9.17) is 11.6 Å². The predicted octanol–water partition coefficient (Wildman–Crippen LogP) is 4.52. The Morgan fingerprint density at radius 3 is 2.40 bits per heavy atom. The van der Waals surface area contributed by atoms with Crippen LogP contribution in [0.4, 0.5) is 0 Å². The number of allylic oxidation sites excluding steroid dienone is 1. The predicted molar refractivity (Wildman–Crippen MR) is 99.2 cm³/mol. The Hall–Kier alpha value is -2.20. The van der Waals surface area contributed by atoms with Crippen molar-refractivity contribution in [3.05, 3.63) is 64.7 Å². The number of thioether (sulfide) groups is 1. The maximum atomic E-state index is 11.2. The molecule has 4 nitrogen and oxygen atoms in total. The van der Waals surface area contributed by atoms with Gasteiger partial charge in [-0.1, -0.05) is 29.8 Å². The van der Waals surface area contributed by atoms with E-state index in [2.05, 4.69) is 0 Å². The van der Waals surface area contributed by atoms with Gasteiger partial charge in [-0.05, 0) is 43.7 Å². The van der Waals surface area contributed by atoms with Gasteiger partial charge in [0.15, 0.2) is 0 Å². The van der Waals surface area contributed by atoms with Crippen molar-refractivity contribution in [2.45, 2.75) is 29.4 Å². The summed E-state index contributed by atoms with van der Waals surface area (Å²) in [7, 11) is 0. The molecule has 2 rings (SSSR count). The number of aromatic hydroxyl groups is 1. The molecule has 0 fully saturated rings. The third-order valence-corrected chi connectivity index (χ3v) is 5.12. The van der Waals surface area contributed by atoms with Gasteiger partial charge < -0.3 is 10.2 Å². The molecule has 0 heterocycles. The van der Waals surface area contributed by atoms with Crippen molar-refractivity contribution in [1.82, 2.24) is 0 Å². The van der Waals surface area contributed by atoms with E-state index in [0.29, 0.717) is 10.6 Å². The van der Waals surface area contributed by atoms with Gasteiger partial charge in [-0.3, -0.25) is 4.79 Å². The van der Waals surface area contributed by atoms with Crippen LogP contribution < -0.4 is 0 Å². The summed E-state index contributed by atoms with van der Waals surface area (Å²) < 4.78 is -0.946. The summed E-state index contributed by atoms with van der Waals surface area (Å²) in [6.45, 7) is 3.27. The van der Waals surface area contributed by atoms with Crippen molar-refractivity contribution < 1.29 is 19.8 Å². The van der Waals surface area contributed by atoms with Crippen LogP contribution in [0.3, 0.4) is 0 Å². The number of aliphatic carboxylic acids is 1. The van der Waals surface area contributed by atoms with Gasteiger partial charge >= 0.3 is 5.97 Å². The first-order chi connectivity index (χ1) is 11.7. The molecule has 1 unspecified atom stereocenters. The Morgan fingerprint density at radius 2 is 1.88 bits per heavy atom. The summed E-state index contributed by atoms with van der Waals surface area (Å²) in [5.41, 5.74) is 1.32. The first kappa shape index (κ1) is 19.1. The number of carboxylic acid groups (broad SMARTS) is 1. The molecule has 2 N–H and O–H groups in total. The number of hydrogen-bond acceptors (Lipinski definition) is 4. The average Bonchev–Trinajstić information content (AvgIpc) is 2.54. The van der Waals surface area contributed by atoms with Crippen LogP contribution in [0.1, 0.15) is 30.9 Å². The number of carbonyl (C=O) groups is 1. The highest BCUT2D eigenvalue weighted by Crippen LogP contribution is 2.36. The molecule has 0 aromatic heterocycles. The van der Waals surface area contributed by atoms with Gasteiger partial charge in [0.2, 0.25) is 0 Å². The van der Waals surface area contributed by atoms with Gasteiger partial charge in [-0.15, -0.1) is 11.8 Å². The van der Waals surface area contributed by atoms with Gasteiger partial charge in [-0.2, -0.15) is 0 Å². The molecule has 1 atom stereocenters. The number of rotatable bonds is 6. The summed E-state index contributed by atoms with van der Waals surface area (Å²) in [6.07, 6.45) is 1.33. The summed E-state index contributed by atoms with van der Waals surface area (Å²) in [6, 6.07) is 11.9. The van der Waals surface area contributed by atoms with Crippen LogP contribution in [0.15, 0.2) is 53.4 Å². The second-order valence-electron chi connectivity index (χ2n) is 5.95. The monoisotopic (exact) mass is 376 g/mol. The van der Waals surface area contributed by atoms with E-state index < -0.39 is 16.6 Å². The fraction of sp³-hybridized carbons (Fsp3) is 0.211. The highest BCUT2D eigenvalue weighted by Gasteiger charge is 2.28. The molecule has 6 heteroatoms. The van der Waals surface area contributed by atoms with E-state index in [0.717, 1.165) is 10.5 Å². The minimum atomic E-state index is -0.946. The highest BCUT2D eigenvalue weighted by molar-refractivity contribution is 8.01.